The van der Waals surface area contributed by atoms with Crippen molar-refractivity contribution >= 4 is 28.2 Å². The van der Waals surface area contributed by atoms with E-state index in [2.05, 4.69) is 41.3 Å². The Morgan fingerprint density at radius 3 is 2.41 bits per heavy atom. The molecule has 0 amide bonds. The zero-order valence-corrected chi connectivity index (χ0v) is 20.3. The van der Waals surface area contributed by atoms with Gasteiger partial charge in [-0.1, -0.05) is 13.8 Å². The van der Waals surface area contributed by atoms with Crippen molar-refractivity contribution in [3.63, 3.8) is 0 Å². The first kappa shape index (κ1) is 23.7. The van der Waals surface area contributed by atoms with E-state index in [4.69, 9.17) is 26.4 Å². The SMILES string of the molecule is COc1ccc(OC)c(CN(CCc2c[nH]c3ccc(OC)cc23)C(=S)NCC(C)C)c1. The highest BCUT2D eigenvalue weighted by Crippen LogP contribution is 2.27. The lowest BCUT2D eigenvalue weighted by Gasteiger charge is -2.27. The normalized spacial score (nSPS) is 10.9. The van der Waals surface area contributed by atoms with Crippen LogP contribution < -0.4 is 19.5 Å². The van der Waals surface area contributed by atoms with E-state index in [9.17, 15) is 0 Å². The zero-order valence-electron chi connectivity index (χ0n) is 19.5. The summed E-state index contributed by atoms with van der Waals surface area (Å²) in [7, 11) is 5.05. The quantitative estimate of drug-likeness (QED) is 0.430. The molecule has 3 rings (SSSR count). The lowest BCUT2D eigenvalue weighted by atomic mass is 10.1. The number of H-pyrrole nitrogens is 1. The molecule has 2 aromatic carbocycles. The number of nitrogens with zero attached hydrogens (tertiary/aromatic N) is 1. The van der Waals surface area contributed by atoms with Crippen LogP contribution in [0.3, 0.4) is 0 Å². The van der Waals surface area contributed by atoms with Gasteiger partial charge in [0.25, 0.3) is 0 Å². The number of hydrogen-bond acceptors (Lipinski definition) is 4. The molecule has 0 fully saturated rings. The van der Waals surface area contributed by atoms with Gasteiger partial charge in [-0.25, -0.2) is 0 Å². The highest BCUT2D eigenvalue weighted by atomic mass is 32.1. The van der Waals surface area contributed by atoms with Gasteiger partial charge in [-0.15, -0.1) is 0 Å². The van der Waals surface area contributed by atoms with Crippen molar-refractivity contribution in [2.24, 2.45) is 5.92 Å². The molecule has 172 valence electrons. The molecule has 3 aromatic rings. The van der Waals surface area contributed by atoms with E-state index in [0.717, 1.165) is 53.0 Å². The standard InChI is InChI=1S/C25H33N3O3S/c1-17(2)14-27-25(32)28(16-19-12-20(29-3)7-9-24(19)31-5)11-10-18-15-26-23-8-6-21(30-4)13-22(18)23/h6-9,12-13,15,17,26H,10-11,14,16H2,1-5H3,(H,27,32). The summed E-state index contributed by atoms with van der Waals surface area (Å²) in [6, 6.07) is 11.9. The Morgan fingerprint density at radius 2 is 1.72 bits per heavy atom. The predicted octanol–water partition coefficient (Wildman–Crippen LogP) is 4.77. The summed E-state index contributed by atoms with van der Waals surface area (Å²) in [6.45, 7) is 6.55. The maximum Gasteiger partial charge on any atom is 0.169 e. The average molecular weight is 456 g/mol. The van der Waals surface area contributed by atoms with Crippen LogP contribution in [-0.4, -0.2) is 49.4 Å². The largest absolute Gasteiger partial charge is 0.497 e. The van der Waals surface area contributed by atoms with Crippen molar-refractivity contribution in [3.8, 4) is 17.2 Å². The summed E-state index contributed by atoms with van der Waals surface area (Å²) < 4.78 is 16.4. The van der Waals surface area contributed by atoms with Crippen molar-refractivity contribution in [2.75, 3.05) is 34.4 Å². The van der Waals surface area contributed by atoms with Gasteiger partial charge >= 0.3 is 0 Å². The fourth-order valence-corrected chi connectivity index (χ4v) is 3.85. The Labute approximate surface area is 195 Å². The van der Waals surface area contributed by atoms with Gasteiger partial charge in [0.2, 0.25) is 0 Å². The molecule has 0 unspecified atom stereocenters. The van der Waals surface area contributed by atoms with Gasteiger partial charge < -0.3 is 29.4 Å². The molecule has 2 N–H and O–H groups in total. The number of hydrogen-bond donors (Lipinski definition) is 2. The smallest absolute Gasteiger partial charge is 0.169 e. The third-order valence-electron chi connectivity index (χ3n) is 5.42. The van der Waals surface area contributed by atoms with E-state index < -0.39 is 0 Å². The van der Waals surface area contributed by atoms with Crippen molar-refractivity contribution in [3.05, 3.63) is 53.7 Å². The van der Waals surface area contributed by atoms with Gasteiger partial charge in [0.05, 0.1) is 21.3 Å². The maximum absolute atomic E-state index is 5.78. The predicted molar refractivity (Wildman–Crippen MR) is 134 cm³/mol. The maximum atomic E-state index is 5.78. The molecule has 0 saturated carbocycles. The number of aromatic nitrogens is 1. The van der Waals surface area contributed by atoms with E-state index in [1.54, 1.807) is 21.3 Å². The molecule has 0 aliphatic carbocycles. The van der Waals surface area contributed by atoms with E-state index >= 15 is 0 Å². The van der Waals surface area contributed by atoms with E-state index in [-0.39, 0.29) is 0 Å². The van der Waals surface area contributed by atoms with Crippen molar-refractivity contribution in [2.45, 2.75) is 26.8 Å². The Morgan fingerprint density at radius 1 is 1.00 bits per heavy atom. The summed E-state index contributed by atoms with van der Waals surface area (Å²) in [6.07, 6.45) is 2.90. The van der Waals surface area contributed by atoms with Crippen LogP contribution >= 0.6 is 12.2 Å². The number of methoxy groups -OCH3 is 3. The lowest BCUT2D eigenvalue weighted by molar-refractivity contribution is 0.371. The molecule has 6 nitrogen and oxygen atoms in total. The van der Waals surface area contributed by atoms with Crippen LogP contribution in [-0.2, 0) is 13.0 Å². The number of ether oxygens (including phenoxy) is 3. The lowest BCUT2D eigenvalue weighted by Crippen LogP contribution is -2.41. The highest BCUT2D eigenvalue weighted by Gasteiger charge is 2.16. The van der Waals surface area contributed by atoms with Crippen LogP contribution in [0.1, 0.15) is 25.0 Å². The van der Waals surface area contributed by atoms with E-state index in [1.165, 1.54) is 10.9 Å². The van der Waals surface area contributed by atoms with Crippen LogP contribution in [0.15, 0.2) is 42.6 Å². The van der Waals surface area contributed by atoms with E-state index in [1.807, 2.05) is 30.3 Å². The van der Waals surface area contributed by atoms with Crippen LogP contribution in [0.4, 0.5) is 0 Å². The van der Waals surface area contributed by atoms with Crippen molar-refractivity contribution in [1.29, 1.82) is 0 Å². The number of thiocarbonyl (C=S) groups is 1. The summed E-state index contributed by atoms with van der Waals surface area (Å²) >= 11 is 5.78. The minimum absolute atomic E-state index is 0.502. The number of benzene rings is 2. The summed E-state index contributed by atoms with van der Waals surface area (Å²) in [5, 5.41) is 5.32. The Bertz CT molecular complexity index is 1050. The van der Waals surface area contributed by atoms with Crippen molar-refractivity contribution < 1.29 is 14.2 Å². The zero-order chi connectivity index (χ0) is 23.1. The second-order valence-corrected chi connectivity index (χ2v) is 8.54. The third kappa shape index (κ3) is 5.85. The first-order valence-electron chi connectivity index (χ1n) is 10.8. The fourth-order valence-electron chi connectivity index (χ4n) is 3.61. The minimum atomic E-state index is 0.502. The second kappa shape index (κ2) is 11.1. The highest BCUT2D eigenvalue weighted by molar-refractivity contribution is 7.80. The van der Waals surface area contributed by atoms with Gasteiger partial charge in [0.15, 0.2) is 5.11 Å². The Balaban J connectivity index is 1.83. The molecule has 0 aliphatic heterocycles. The molecule has 0 saturated heterocycles. The molecule has 1 aromatic heterocycles. The van der Waals surface area contributed by atoms with Crippen molar-refractivity contribution in [1.82, 2.24) is 15.2 Å². The topological polar surface area (TPSA) is 58.8 Å². The van der Waals surface area contributed by atoms with E-state index in [0.29, 0.717) is 12.5 Å². The Hall–Kier alpha value is -2.93. The first-order chi connectivity index (χ1) is 15.4. The fraction of sp³-hybridized carbons (Fsp3) is 0.400. The van der Waals surface area contributed by atoms with Gasteiger partial charge in [0, 0.05) is 42.3 Å². The molecule has 0 aliphatic rings. The molecular formula is C25H33N3O3S. The third-order valence-corrected chi connectivity index (χ3v) is 5.83. The number of fused-ring (bicyclic) bond motifs is 1. The first-order valence-corrected chi connectivity index (χ1v) is 11.2. The van der Waals surface area contributed by atoms with Gasteiger partial charge in [-0.3, -0.25) is 0 Å². The Kier molecular flexibility index (Phi) is 8.22. The van der Waals surface area contributed by atoms with Crippen LogP contribution in [0.25, 0.3) is 10.9 Å². The minimum Gasteiger partial charge on any atom is -0.497 e. The summed E-state index contributed by atoms with van der Waals surface area (Å²) in [4.78, 5) is 5.54. The molecule has 0 radical (unpaired) electrons. The van der Waals surface area contributed by atoms with Crippen LogP contribution in [0.2, 0.25) is 0 Å². The van der Waals surface area contributed by atoms with Gasteiger partial charge in [-0.05, 0) is 66.5 Å². The molecule has 1 heterocycles. The number of nitrogens with one attached hydrogen (secondary N) is 2. The molecular weight excluding hydrogens is 422 g/mol. The number of aromatic amines is 1. The molecule has 7 heteroatoms. The molecule has 0 bridgehead atoms. The molecule has 0 spiro atoms. The van der Waals surface area contributed by atoms with Gasteiger partial charge in [0.1, 0.15) is 17.2 Å². The monoisotopic (exact) mass is 455 g/mol. The summed E-state index contributed by atoms with van der Waals surface area (Å²) in [5.74, 6) is 2.97. The van der Waals surface area contributed by atoms with Gasteiger partial charge in [-0.2, -0.15) is 0 Å². The summed E-state index contributed by atoms with van der Waals surface area (Å²) in [5.41, 5.74) is 3.36. The van der Waals surface area contributed by atoms with Crippen LogP contribution in [0, 0.1) is 5.92 Å². The van der Waals surface area contributed by atoms with Crippen LogP contribution in [0.5, 0.6) is 17.2 Å². The number of rotatable bonds is 10. The molecule has 0 atom stereocenters. The molecule has 32 heavy (non-hydrogen) atoms. The second-order valence-electron chi connectivity index (χ2n) is 8.15. The average Bonchev–Trinajstić information content (AvgIpc) is 3.21.